The number of hydrogen-bond acceptors (Lipinski definition) is 4. The minimum absolute atomic E-state index is 0.0394. The van der Waals surface area contributed by atoms with Crippen molar-refractivity contribution in [1.82, 2.24) is 10.4 Å². The second-order valence-electron chi connectivity index (χ2n) is 2.75. The lowest BCUT2D eigenvalue weighted by atomic mass is 10.1. The highest BCUT2D eigenvalue weighted by molar-refractivity contribution is 7.09. The van der Waals surface area contributed by atoms with Crippen molar-refractivity contribution in [3.05, 3.63) is 28.2 Å². The molecular weight excluding hydrogens is 170 g/mol. The summed E-state index contributed by atoms with van der Waals surface area (Å²) >= 11 is 1.60. The van der Waals surface area contributed by atoms with Crippen molar-refractivity contribution in [2.75, 3.05) is 0 Å². The average Bonchev–Trinajstić information content (AvgIpc) is 2.38. The largest absolute Gasteiger partial charge is 0.271 e. The van der Waals surface area contributed by atoms with Crippen LogP contribution in [0.4, 0.5) is 0 Å². The molecule has 66 valence electrons. The molecule has 1 aromatic rings. The van der Waals surface area contributed by atoms with Gasteiger partial charge in [0, 0.05) is 4.88 Å². The number of nitrogens with one attached hydrogen (secondary N) is 1. The molecule has 0 bridgehead atoms. The summed E-state index contributed by atoms with van der Waals surface area (Å²) in [6.07, 6.45) is 0. The fourth-order valence-corrected chi connectivity index (χ4v) is 1.98. The Morgan fingerprint density at radius 3 is 2.83 bits per heavy atom. The van der Waals surface area contributed by atoms with Crippen LogP contribution < -0.4 is 11.3 Å². The third kappa shape index (κ3) is 1.72. The van der Waals surface area contributed by atoms with E-state index < -0.39 is 0 Å². The number of hydrazine groups is 1. The molecule has 0 saturated carbocycles. The first-order valence-electron chi connectivity index (χ1n) is 3.68. The van der Waals surface area contributed by atoms with E-state index in [1.165, 1.54) is 0 Å². The normalized spacial score (nSPS) is 12.9. The minimum Gasteiger partial charge on any atom is -0.271 e. The molecule has 0 amide bonds. The van der Waals surface area contributed by atoms with Crippen LogP contribution in [0.2, 0.25) is 0 Å². The van der Waals surface area contributed by atoms with E-state index in [-0.39, 0.29) is 6.04 Å². The van der Waals surface area contributed by atoms with E-state index in [2.05, 4.69) is 17.0 Å². The van der Waals surface area contributed by atoms with Gasteiger partial charge in [-0.3, -0.25) is 5.84 Å². The molecular formula is C8H13N3S. The Labute approximate surface area is 76.3 Å². The van der Waals surface area contributed by atoms with E-state index in [1.807, 2.05) is 19.4 Å². The number of hydrogen-bond donors (Lipinski definition) is 2. The fourth-order valence-electron chi connectivity index (χ4n) is 1.03. The van der Waals surface area contributed by atoms with E-state index >= 15 is 0 Å². The Hall–Kier alpha value is -0.710. The zero-order chi connectivity index (χ0) is 9.14. The molecule has 0 radical (unpaired) electrons. The number of aromatic nitrogens is 1. The number of aryl methyl sites for hydroxylation is 1. The van der Waals surface area contributed by atoms with Crippen LogP contribution in [0.3, 0.4) is 0 Å². The molecule has 1 aromatic heterocycles. The molecule has 3 N–H and O–H groups in total. The van der Waals surface area contributed by atoms with Crippen molar-refractivity contribution in [2.45, 2.75) is 19.9 Å². The molecule has 3 nitrogen and oxygen atoms in total. The van der Waals surface area contributed by atoms with E-state index in [9.17, 15) is 0 Å². The SMILES string of the molecule is C=C(C)C(NN)c1scnc1C. The van der Waals surface area contributed by atoms with Crippen LogP contribution in [0.15, 0.2) is 17.7 Å². The standard InChI is InChI=1S/C8H13N3S/c1-5(2)7(11-9)8-6(3)10-4-12-8/h4,7,11H,1,9H2,2-3H3. The summed E-state index contributed by atoms with van der Waals surface area (Å²) < 4.78 is 0. The quantitative estimate of drug-likeness (QED) is 0.424. The molecule has 0 spiro atoms. The predicted octanol–water partition coefficient (Wildman–Crippen LogP) is 1.53. The molecule has 1 heterocycles. The Morgan fingerprint density at radius 1 is 1.83 bits per heavy atom. The van der Waals surface area contributed by atoms with Crippen molar-refractivity contribution in [1.29, 1.82) is 0 Å². The molecule has 4 heteroatoms. The molecule has 0 saturated heterocycles. The van der Waals surface area contributed by atoms with Crippen LogP contribution in [-0.4, -0.2) is 4.98 Å². The third-order valence-corrected chi connectivity index (χ3v) is 2.70. The van der Waals surface area contributed by atoms with Gasteiger partial charge in [-0.25, -0.2) is 10.4 Å². The van der Waals surface area contributed by atoms with Gasteiger partial charge in [0.1, 0.15) is 0 Å². The molecule has 0 aliphatic heterocycles. The lowest BCUT2D eigenvalue weighted by molar-refractivity contribution is 0.632. The minimum atomic E-state index is 0.0394. The van der Waals surface area contributed by atoms with Crippen LogP contribution >= 0.6 is 11.3 Å². The smallest absolute Gasteiger partial charge is 0.0798 e. The zero-order valence-corrected chi connectivity index (χ0v) is 8.11. The van der Waals surface area contributed by atoms with E-state index in [0.29, 0.717) is 0 Å². The molecule has 0 fully saturated rings. The van der Waals surface area contributed by atoms with Crippen LogP contribution in [0.5, 0.6) is 0 Å². The molecule has 1 atom stereocenters. The van der Waals surface area contributed by atoms with Crippen molar-refractivity contribution >= 4 is 11.3 Å². The van der Waals surface area contributed by atoms with Gasteiger partial charge in [-0.15, -0.1) is 11.3 Å². The zero-order valence-electron chi connectivity index (χ0n) is 7.29. The van der Waals surface area contributed by atoms with Crippen LogP contribution in [0.1, 0.15) is 23.5 Å². The highest BCUT2D eigenvalue weighted by Gasteiger charge is 2.14. The topological polar surface area (TPSA) is 50.9 Å². The first kappa shape index (κ1) is 9.38. The van der Waals surface area contributed by atoms with Gasteiger partial charge in [0.15, 0.2) is 0 Å². The summed E-state index contributed by atoms with van der Waals surface area (Å²) in [5.74, 6) is 5.40. The van der Waals surface area contributed by atoms with Gasteiger partial charge in [0.05, 0.1) is 17.2 Å². The average molecular weight is 183 g/mol. The number of nitrogens with two attached hydrogens (primary N) is 1. The molecule has 12 heavy (non-hydrogen) atoms. The van der Waals surface area contributed by atoms with E-state index in [1.54, 1.807) is 11.3 Å². The van der Waals surface area contributed by atoms with Crippen LogP contribution in [0, 0.1) is 6.92 Å². The highest BCUT2D eigenvalue weighted by Crippen LogP contribution is 2.25. The Balaban J connectivity index is 2.94. The van der Waals surface area contributed by atoms with Gasteiger partial charge in [-0.1, -0.05) is 12.2 Å². The van der Waals surface area contributed by atoms with Gasteiger partial charge >= 0.3 is 0 Å². The van der Waals surface area contributed by atoms with Gasteiger partial charge in [-0.05, 0) is 13.8 Å². The summed E-state index contributed by atoms with van der Waals surface area (Å²) in [6, 6.07) is 0.0394. The summed E-state index contributed by atoms with van der Waals surface area (Å²) in [5.41, 5.74) is 6.56. The summed E-state index contributed by atoms with van der Waals surface area (Å²) in [4.78, 5) is 5.29. The molecule has 0 aromatic carbocycles. The highest BCUT2D eigenvalue weighted by atomic mass is 32.1. The summed E-state index contributed by atoms with van der Waals surface area (Å²) in [6.45, 7) is 7.78. The molecule has 1 rings (SSSR count). The maximum absolute atomic E-state index is 5.40. The first-order valence-corrected chi connectivity index (χ1v) is 4.56. The first-order chi connectivity index (χ1) is 5.66. The monoisotopic (exact) mass is 183 g/mol. The fraction of sp³-hybridized carbons (Fsp3) is 0.375. The second kappa shape index (κ2) is 3.80. The maximum atomic E-state index is 5.40. The van der Waals surface area contributed by atoms with Crippen molar-refractivity contribution in [2.24, 2.45) is 5.84 Å². The van der Waals surface area contributed by atoms with Crippen molar-refractivity contribution in [3.63, 3.8) is 0 Å². The summed E-state index contributed by atoms with van der Waals surface area (Å²) in [7, 11) is 0. The van der Waals surface area contributed by atoms with E-state index in [0.717, 1.165) is 16.1 Å². The van der Waals surface area contributed by atoms with Crippen molar-refractivity contribution in [3.8, 4) is 0 Å². The van der Waals surface area contributed by atoms with Gasteiger partial charge in [0.2, 0.25) is 0 Å². The van der Waals surface area contributed by atoms with Crippen molar-refractivity contribution < 1.29 is 0 Å². The number of nitrogens with zero attached hydrogens (tertiary/aromatic N) is 1. The molecule has 0 aliphatic carbocycles. The van der Waals surface area contributed by atoms with Crippen LogP contribution in [-0.2, 0) is 0 Å². The van der Waals surface area contributed by atoms with Crippen LogP contribution in [0.25, 0.3) is 0 Å². The molecule has 0 aliphatic rings. The lowest BCUT2D eigenvalue weighted by Crippen LogP contribution is -2.28. The summed E-state index contributed by atoms with van der Waals surface area (Å²) in [5, 5.41) is 0. The number of rotatable bonds is 3. The Bertz CT molecular complexity index is 280. The maximum Gasteiger partial charge on any atom is 0.0798 e. The predicted molar refractivity (Wildman–Crippen MR) is 51.7 cm³/mol. The second-order valence-corrected chi connectivity index (χ2v) is 3.63. The number of thiazole rings is 1. The molecule has 1 unspecified atom stereocenters. The lowest BCUT2D eigenvalue weighted by Gasteiger charge is -2.14. The van der Waals surface area contributed by atoms with Gasteiger partial charge < -0.3 is 0 Å². The van der Waals surface area contributed by atoms with E-state index in [4.69, 9.17) is 5.84 Å². The van der Waals surface area contributed by atoms with Gasteiger partial charge in [0.25, 0.3) is 0 Å². The Morgan fingerprint density at radius 2 is 2.50 bits per heavy atom. The Kier molecular flexibility index (Phi) is 2.97. The van der Waals surface area contributed by atoms with Gasteiger partial charge in [-0.2, -0.15) is 0 Å². The third-order valence-electron chi connectivity index (χ3n) is 1.70.